The number of rotatable bonds is 4. The van der Waals surface area contributed by atoms with Crippen LogP contribution in [0.3, 0.4) is 0 Å². The first-order valence-corrected chi connectivity index (χ1v) is 13.2. The minimum Gasteiger partial charge on any atom is -0.350 e. The molecule has 3 aliphatic heterocycles. The van der Waals surface area contributed by atoms with E-state index in [2.05, 4.69) is 39.5 Å². The third-order valence-electron chi connectivity index (χ3n) is 8.18. The van der Waals surface area contributed by atoms with E-state index in [-0.39, 0.29) is 29.0 Å². The molecule has 0 aliphatic carbocycles. The first-order chi connectivity index (χ1) is 17.4. The van der Waals surface area contributed by atoms with Gasteiger partial charge in [-0.05, 0) is 78.7 Å². The number of fused-ring (bicyclic) bond motifs is 2. The van der Waals surface area contributed by atoms with Crippen LogP contribution in [-0.2, 0) is 29.7 Å². The van der Waals surface area contributed by atoms with Gasteiger partial charge in [0, 0.05) is 38.1 Å². The molecule has 4 heterocycles. The summed E-state index contributed by atoms with van der Waals surface area (Å²) in [6.07, 6.45) is 5.26. The van der Waals surface area contributed by atoms with E-state index in [9.17, 15) is 14.0 Å². The van der Waals surface area contributed by atoms with E-state index in [1.54, 1.807) is 12.1 Å². The molecule has 1 N–H and O–H groups in total. The van der Waals surface area contributed by atoms with Crippen molar-refractivity contribution in [3.63, 3.8) is 0 Å². The number of piperidine rings is 2. The fourth-order valence-electron chi connectivity index (χ4n) is 6.24. The number of amides is 2. The predicted molar refractivity (Wildman–Crippen MR) is 140 cm³/mol. The summed E-state index contributed by atoms with van der Waals surface area (Å²) < 4.78 is 15.8. The Bertz CT molecular complexity index is 1350. The Labute approximate surface area is 215 Å². The van der Waals surface area contributed by atoms with Gasteiger partial charge in [-0.3, -0.25) is 24.7 Å². The van der Waals surface area contributed by atoms with Crippen molar-refractivity contribution < 1.29 is 14.0 Å². The molecule has 3 aromatic rings. The van der Waals surface area contributed by atoms with Gasteiger partial charge in [0.2, 0.25) is 11.8 Å². The van der Waals surface area contributed by atoms with Crippen LogP contribution in [0.5, 0.6) is 0 Å². The monoisotopic (exact) mass is 506 g/mol. The highest BCUT2D eigenvalue weighted by Gasteiger charge is 2.39. The standard InChI is InChI=1S/C28H31FN4O2S/c1-31-16-23(21-5-4-20(29)13-25(21)31)18-8-10-32(11-9-18)14-17-2-3-19-15-33(28(36)22(19)12-17)24-6-7-26(34)30-27(24)35/h2-5,12-13,16,18,24,28,36H,6-11,14-15H2,1H3,(H,30,34,35). The lowest BCUT2D eigenvalue weighted by Gasteiger charge is -2.32. The molecule has 2 atom stereocenters. The number of nitrogens with one attached hydrogen (secondary N) is 1. The fraction of sp³-hybridized carbons (Fsp3) is 0.429. The molecule has 0 radical (unpaired) electrons. The van der Waals surface area contributed by atoms with Gasteiger partial charge in [0.25, 0.3) is 0 Å². The van der Waals surface area contributed by atoms with Crippen LogP contribution < -0.4 is 5.32 Å². The van der Waals surface area contributed by atoms with Crippen LogP contribution in [-0.4, -0.2) is 45.3 Å². The fourth-order valence-corrected chi connectivity index (χ4v) is 6.73. The molecule has 2 unspecified atom stereocenters. The van der Waals surface area contributed by atoms with Crippen LogP contribution in [0.4, 0.5) is 4.39 Å². The third kappa shape index (κ3) is 4.25. The summed E-state index contributed by atoms with van der Waals surface area (Å²) in [5.41, 5.74) is 5.92. The first-order valence-electron chi connectivity index (χ1n) is 12.7. The molecular formula is C28H31FN4O2S. The Morgan fingerprint density at radius 2 is 1.86 bits per heavy atom. The number of halogens is 1. The van der Waals surface area contributed by atoms with Crippen LogP contribution in [0.15, 0.2) is 42.6 Å². The number of hydrogen-bond acceptors (Lipinski definition) is 5. The van der Waals surface area contributed by atoms with Gasteiger partial charge in [-0.1, -0.05) is 18.2 Å². The van der Waals surface area contributed by atoms with Crippen LogP contribution in [0.1, 0.15) is 59.2 Å². The Morgan fingerprint density at radius 3 is 2.64 bits per heavy atom. The number of carbonyl (C=O) groups is 2. The Balaban J connectivity index is 1.11. The highest BCUT2D eigenvalue weighted by Crippen LogP contribution is 2.40. The van der Waals surface area contributed by atoms with E-state index in [4.69, 9.17) is 12.6 Å². The molecule has 6 rings (SSSR count). The molecule has 2 aromatic carbocycles. The molecule has 8 heteroatoms. The quantitative estimate of drug-likeness (QED) is 0.411. The zero-order valence-electron chi connectivity index (χ0n) is 20.4. The average Bonchev–Trinajstić information content (AvgIpc) is 3.36. The number of likely N-dealkylation sites (tertiary alicyclic amines) is 1. The maximum atomic E-state index is 13.7. The average molecular weight is 507 g/mol. The summed E-state index contributed by atoms with van der Waals surface area (Å²) in [4.78, 5) is 28.6. The number of carbonyl (C=O) groups excluding carboxylic acids is 2. The van der Waals surface area contributed by atoms with Crippen molar-refractivity contribution >= 4 is 35.3 Å². The van der Waals surface area contributed by atoms with Crippen LogP contribution >= 0.6 is 12.6 Å². The summed E-state index contributed by atoms with van der Waals surface area (Å²) in [6.45, 7) is 3.61. The molecule has 0 spiro atoms. The van der Waals surface area contributed by atoms with Gasteiger partial charge in [-0.25, -0.2) is 4.39 Å². The Kier molecular flexibility index (Phi) is 6.14. The van der Waals surface area contributed by atoms with E-state index >= 15 is 0 Å². The smallest absolute Gasteiger partial charge is 0.243 e. The zero-order valence-corrected chi connectivity index (χ0v) is 21.3. The highest BCUT2D eigenvalue weighted by atomic mass is 32.1. The van der Waals surface area contributed by atoms with Gasteiger partial charge < -0.3 is 4.57 Å². The van der Waals surface area contributed by atoms with Crippen LogP contribution in [0, 0.1) is 5.82 Å². The minimum absolute atomic E-state index is 0.147. The van der Waals surface area contributed by atoms with Crippen molar-refractivity contribution in [3.05, 3.63) is 70.7 Å². The number of aromatic nitrogens is 1. The van der Waals surface area contributed by atoms with Gasteiger partial charge in [0.15, 0.2) is 0 Å². The molecular weight excluding hydrogens is 475 g/mol. The van der Waals surface area contributed by atoms with Gasteiger partial charge >= 0.3 is 0 Å². The van der Waals surface area contributed by atoms with Gasteiger partial charge in [0.1, 0.15) is 5.82 Å². The van der Waals surface area contributed by atoms with Crippen molar-refractivity contribution in [2.75, 3.05) is 13.1 Å². The third-order valence-corrected chi connectivity index (χ3v) is 8.76. The van der Waals surface area contributed by atoms with E-state index < -0.39 is 0 Å². The molecule has 2 fully saturated rings. The SMILES string of the molecule is Cn1cc(C2CCN(Cc3ccc4c(c3)C(S)N(C3CCC(=O)NC3=O)C4)CC2)c2ccc(F)cc21. The van der Waals surface area contributed by atoms with Gasteiger partial charge in [-0.2, -0.15) is 12.6 Å². The maximum Gasteiger partial charge on any atom is 0.243 e. The van der Waals surface area contributed by atoms with E-state index in [1.807, 2.05) is 17.7 Å². The topological polar surface area (TPSA) is 57.6 Å². The lowest BCUT2D eigenvalue weighted by molar-refractivity contribution is -0.137. The van der Waals surface area contributed by atoms with E-state index in [0.717, 1.165) is 43.4 Å². The Hall–Kier alpha value is -2.68. The molecule has 1 aromatic heterocycles. The van der Waals surface area contributed by atoms with E-state index in [0.29, 0.717) is 25.3 Å². The normalized spacial score (nSPS) is 23.9. The molecule has 0 saturated carbocycles. The summed E-state index contributed by atoms with van der Waals surface area (Å²) in [7, 11) is 1.99. The van der Waals surface area contributed by atoms with Crippen molar-refractivity contribution in [1.82, 2.24) is 19.7 Å². The van der Waals surface area contributed by atoms with Gasteiger partial charge in [0.05, 0.1) is 16.9 Å². The number of thiol groups is 1. The maximum absolute atomic E-state index is 13.7. The summed E-state index contributed by atoms with van der Waals surface area (Å²) in [5, 5.41) is 3.49. The van der Waals surface area contributed by atoms with Crippen LogP contribution in [0.25, 0.3) is 10.9 Å². The second kappa shape index (κ2) is 9.32. The lowest BCUT2D eigenvalue weighted by atomic mass is 9.89. The first kappa shape index (κ1) is 23.7. The number of aryl methyl sites for hydroxylation is 1. The number of imide groups is 1. The molecule has 188 valence electrons. The second-order valence-corrected chi connectivity index (χ2v) is 10.9. The summed E-state index contributed by atoms with van der Waals surface area (Å²) in [6, 6.07) is 11.4. The zero-order chi connectivity index (χ0) is 25.0. The largest absolute Gasteiger partial charge is 0.350 e. The molecule has 2 amide bonds. The van der Waals surface area contributed by atoms with Crippen molar-refractivity contribution in [2.24, 2.45) is 7.05 Å². The number of nitrogens with zero attached hydrogens (tertiary/aromatic N) is 3. The summed E-state index contributed by atoms with van der Waals surface area (Å²) >= 11 is 4.87. The van der Waals surface area contributed by atoms with Crippen LogP contribution in [0.2, 0.25) is 0 Å². The number of hydrogen-bond donors (Lipinski definition) is 2. The summed E-state index contributed by atoms with van der Waals surface area (Å²) in [5.74, 6) is -0.107. The van der Waals surface area contributed by atoms with Gasteiger partial charge in [-0.15, -0.1) is 0 Å². The molecule has 0 bridgehead atoms. The van der Waals surface area contributed by atoms with Crippen molar-refractivity contribution in [3.8, 4) is 0 Å². The highest BCUT2D eigenvalue weighted by molar-refractivity contribution is 7.80. The van der Waals surface area contributed by atoms with E-state index in [1.165, 1.54) is 22.3 Å². The lowest BCUT2D eigenvalue weighted by Crippen LogP contribution is -2.51. The van der Waals surface area contributed by atoms with Crippen molar-refractivity contribution in [1.29, 1.82) is 0 Å². The molecule has 3 aliphatic rings. The molecule has 36 heavy (non-hydrogen) atoms. The van der Waals surface area contributed by atoms with Crippen molar-refractivity contribution in [2.45, 2.75) is 56.1 Å². The molecule has 6 nitrogen and oxygen atoms in total. The Morgan fingerprint density at radius 1 is 1.06 bits per heavy atom. The minimum atomic E-state index is -0.314. The molecule has 2 saturated heterocycles. The second-order valence-electron chi connectivity index (χ2n) is 10.5. The predicted octanol–water partition coefficient (Wildman–Crippen LogP) is 4.25. The number of benzene rings is 2.